The topological polar surface area (TPSA) is 73.6 Å². The van der Waals surface area contributed by atoms with Crippen molar-refractivity contribution in [3.63, 3.8) is 0 Å². The molecule has 0 saturated heterocycles. The lowest BCUT2D eigenvalue weighted by Crippen LogP contribution is -2.26. The van der Waals surface area contributed by atoms with Crippen LogP contribution < -0.4 is 5.40 Å². The van der Waals surface area contributed by atoms with E-state index in [1.54, 1.807) is 12.1 Å². The predicted molar refractivity (Wildman–Crippen MR) is 75.9 cm³/mol. The minimum absolute atomic E-state index is 0.657. The third-order valence-electron chi connectivity index (χ3n) is 2.84. The van der Waals surface area contributed by atoms with E-state index in [2.05, 4.69) is 11.8 Å². The van der Waals surface area contributed by atoms with Crippen molar-refractivity contribution in [2.24, 2.45) is 5.40 Å². The third-order valence-corrected chi connectivity index (χ3v) is 3.92. The molecule has 1 radical (unpaired) electrons. The van der Waals surface area contributed by atoms with Crippen LogP contribution in [0, 0.1) is 22.3 Å². The number of nitriles is 2. The van der Waals surface area contributed by atoms with Crippen molar-refractivity contribution in [2.45, 2.75) is 6.04 Å². The van der Waals surface area contributed by atoms with Crippen LogP contribution in [0.5, 0.6) is 0 Å². The minimum atomic E-state index is -1.40. The number of nitrogens with two attached hydrogens (primary N) is 1. The summed E-state index contributed by atoms with van der Waals surface area (Å²) >= 11 is 0. The van der Waals surface area contributed by atoms with Crippen molar-refractivity contribution in [3.05, 3.63) is 59.7 Å². The van der Waals surface area contributed by atoms with Gasteiger partial charge in [0, 0.05) is 5.69 Å². The van der Waals surface area contributed by atoms with E-state index in [4.69, 9.17) is 15.9 Å². The van der Waals surface area contributed by atoms with E-state index >= 15 is 0 Å². The molecule has 0 aliphatic carbocycles. The second-order valence-corrected chi connectivity index (χ2v) is 5.83. The fourth-order valence-corrected chi connectivity index (χ4v) is 2.57. The second kappa shape index (κ2) is 5.97. The summed E-state index contributed by atoms with van der Waals surface area (Å²) in [4.78, 5) is 0. The summed E-state index contributed by atoms with van der Waals surface area (Å²) in [5.41, 5.74) is 6.04. The molecule has 0 bridgehead atoms. The fraction of sp³-hybridized carbons (Fsp3) is 0.0667. The summed E-state index contributed by atoms with van der Waals surface area (Å²) in [7, 11) is -1.40. The van der Waals surface area contributed by atoms with Crippen LogP contribution in [-0.4, -0.2) is 8.96 Å². The first-order chi connectivity index (χ1) is 9.22. The van der Waals surface area contributed by atoms with Crippen LogP contribution in [0.4, 0.5) is 0 Å². The molecule has 0 spiro atoms. The number of hydrogen-bond donors (Lipinski definition) is 1. The van der Waals surface area contributed by atoms with Crippen LogP contribution in [0.25, 0.3) is 11.1 Å². The van der Waals surface area contributed by atoms with Crippen molar-refractivity contribution < 1.29 is 0 Å². The minimum Gasteiger partial charge on any atom is -0.340 e. The van der Waals surface area contributed by atoms with Crippen molar-refractivity contribution in [1.82, 2.24) is 0 Å². The number of hydrogen-bond acceptors (Lipinski definition) is 3. The van der Waals surface area contributed by atoms with Gasteiger partial charge in [0.05, 0.1) is 11.6 Å². The van der Waals surface area contributed by atoms with Crippen LogP contribution in [0.15, 0.2) is 48.5 Å². The van der Waals surface area contributed by atoms with Gasteiger partial charge in [-0.3, -0.25) is 0 Å². The lowest BCUT2D eigenvalue weighted by Gasteiger charge is -2.04. The fourth-order valence-electron chi connectivity index (χ4n) is 1.81. The Hall–Kier alpha value is -2.40. The van der Waals surface area contributed by atoms with Gasteiger partial charge in [-0.2, -0.15) is 5.26 Å². The first kappa shape index (κ1) is 13.0. The van der Waals surface area contributed by atoms with Crippen LogP contribution in [-0.2, 0) is 6.04 Å². The molecule has 91 valence electrons. The smallest absolute Gasteiger partial charge is 0.267 e. The standard InChI is InChI=1S/C15H12N3Si/c16-9-12-1-5-14(6-2-12)15-7-3-13(4-8-15)10-19(18)11-17/h1-8H,10,18H2. The Kier molecular flexibility index (Phi) is 4.10. The highest BCUT2D eigenvalue weighted by Crippen LogP contribution is 2.20. The molecule has 0 aliphatic heterocycles. The molecular weight excluding hydrogens is 250 g/mol. The molecule has 4 heteroatoms. The lowest BCUT2D eigenvalue weighted by molar-refractivity contribution is 1.34. The molecule has 0 heterocycles. The SMILES string of the molecule is N#Cc1ccc(-c2ccc(C[Si](N)C#N)cc2)cc1. The Morgan fingerprint density at radius 3 is 1.89 bits per heavy atom. The largest absolute Gasteiger partial charge is 0.340 e. The van der Waals surface area contributed by atoms with Gasteiger partial charge in [0.15, 0.2) is 0 Å². The Morgan fingerprint density at radius 2 is 1.42 bits per heavy atom. The Labute approximate surface area is 114 Å². The monoisotopic (exact) mass is 262 g/mol. The third kappa shape index (κ3) is 3.29. The number of rotatable bonds is 3. The van der Waals surface area contributed by atoms with Gasteiger partial charge in [-0.1, -0.05) is 36.4 Å². The van der Waals surface area contributed by atoms with E-state index in [1.807, 2.05) is 36.4 Å². The van der Waals surface area contributed by atoms with Gasteiger partial charge >= 0.3 is 0 Å². The predicted octanol–water partition coefficient (Wildman–Crippen LogP) is 2.32. The molecule has 3 nitrogen and oxygen atoms in total. The summed E-state index contributed by atoms with van der Waals surface area (Å²) in [6, 6.07) is 18.3. The zero-order chi connectivity index (χ0) is 13.7. The molecule has 2 aromatic rings. The highest BCUT2D eigenvalue weighted by Gasteiger charge is 2.06. The van der Waals surface area contributed by atoms with Gasteiger partial charge in [0.2, 0.25) is 0 Å². The Bertz CT molecular complexity index is 633. The molecule has 0 saturated carbocycles. The summed E-state index contributed by atoms with van der Waals surface area (Å²) in [6.07, 6.45) is 0. The van der Waals surface area contributed by atoms with Crippen molar-refractivity contribution in [2.75, 3.05) is 0 Å². The van der Waals surface area contributed by atoms with Gasteiger partial charge in [0.1, 0.15) is 0 Å². The Morgan fingerprint density at radius 1 is 0.895 bits per heavy atom. The summed E-state index contributed by atoms with van der Waals surface area (Å²) < 4.78 is 0. The molecule has 0 amide bonds. The normalized spacial score (nSPS) is 9.89. The lowest BCUT2D eigenvalue weighted by atomic mass is 10.0. The van der Waals surface area contributed by atoms with Crippen LogP contribution in [0.2, 0.25) is 0 Å². The van der Waals surface area contributed by atoms with Crippen molar-refractivity contribution >= 4 is 8.96 Å². The summed E-state index contributed by atoms with van der Waals surface area (Å²) in [5.74, 6) is 0. The van der Waals surface area contributed by atoms with Gasteiger partial charge in [-0.05, 0) is 34.9 Å². The molecular formula is C15H12N3Si. The quantitative estimate of drug-likeness (QED) is 0.863. The molecule has 0 atom stereocenters. The summed E-state index contributed by atoms with van der Waals surface area (Å²) in [5, 5.41) is 23.2. The van der Waals surface area contributed by atoms with E-state index in [9.17, 15) is 0 Å². The molecule has 2 aromatic carbocycles. The maximum atomic E-state index is 8.76. The molecule has 2 N–H and O–H groups in total. The molecule has 0 unspecified atom stereocenters. The van der Waals surface area contributed by atoms with Crippen LogP contribution in [0.3, 0.4) is 0 Å². The zero-order valence-electron chi connectivity index (χ0n) is 10.3. The maximum absolute atomic E-state index is 8.76. The zero-order valence-corrected chi connectivity index (χ0v) is 11.3. The van der Waals surface area contributed by atoms with Crippen LogP contribution >= 0.6 is 0 Å². The maximum Gasteiger partial charge on any atom is 0.267 e. The first-order valence-corrected chi connectivity index (χ1v) is 7.62. The first-order valence-electron chi connectivity index (χ1n) is 5.84. The number of nitrogens with zero attached hydrogens (tertiary/aromatic N) is 2. The van der Waals surface area contributed by atoms with Gasteiger partial charge < -0.3 is 5.40 Å². The van der Waals surface area contributed by atoms with Crippen molar-refractivity contribution in [1.29, 1.82) is 10.5 Å². The van der Waals surface area contributed by atoms with Gasteiger partial charge in [0.25, 0.3) is 8.96 Å². The van der Waals surface area contributed by atoms with Gasteiger partial charge in [-0.25, -0.2) is 5.26 Å². The van der Waals surface area contributed by atoms with Crippen molar-refractivity contribution in [3.8, 4) is 22.9 Å². The van der Waals surface area contributed by atoms with E-state index in [0.717, 1.165) is 16.7 Å². The highest BCUT2D eigenvalue weighted by molar-refractivity contribution is 6.62. The number of benzene rings is 2. The van der Waals surface area contributed by atoms with Gasteiger partial charge in [-0.15, -0.1) is 0 Å². The van der Waals surface area contributed by atoms with Crippen LogP contribution in [0.1, 0.15) is 11.1 Å². The van der Waals surface area contributed by atoms with E-state index in [0.29, 0.717) is 11.6 Å². The molecule has 0 aliphatic rings. The van der Waals surface area contributed by atoms with E-state index in [1.165, 1.54) is 0 Å². The molecule has 0 fully saturated rings. The van der Waals surface area contributed by atoms with E-state index < -0.39 is 8.96 Å². The average Bonchev–Trinajstić information content (AvgIpc) is 2.48. The molecule has 0 aromatic heterocycles. The molecule has 2 rings (SSSR count). The summed E-state index contributed by atoms with van der Waals surface area (Å²) in [6.45, 7) is 0. The van der Waals surface area contributed by atoms with E-state index in [-0.39, 0.29) is 0 Å². The average molecular weight is 262 g/mol. The Balaban J connectivity index is 2.18. The molecule has 19 heavy (non-hydrogen) atoms. The highest BCUT2D eigenvalue weighted by atomic mass is 28.3. The second-order valence-electron chi connectivity index (χ2n) is 4.20.